The Hall–Kier alpha value is -1.74. The SMILES string of the molecule is O=C(Nc1cn[nH]c1)C(C(F)(F)F)C(F)(F)F. The van der Waals surface area contributed by atoms with Crippen LogP contribution in [0.5, 0.6) is 0 Å². The fourth-order valence-corrected chi connectivity index (χ4v) is 1.02. The largest absolute Gasteiger partial charge is 0.409 e. The molecule has 0 unspecified atom stereocenters. The van der Waals surface area contributed by atoms with E-state index in [0.717, 1.165) is 12.4 Å². The van der Waals surface area contributed by atoms with Crippen molar-refractivity contribution in [3.8, 4) is 0 Å². The van der Waals surface area contributed by atoms with Crippen LogP contribution in [0.3, 0.4) is 0 Å². The van der Waals surface area contributed by atoms with Gasteiger partial charge in [-0.15, -0.1) is 0 Å². The molecule has 0 atom stereocenters. The summed E-state index contributed by atoms with van der Waals surface area (Å²) in [6.07, 6.45) is -9.58. The van der Waals surface area contributed by atoms with E-state index in [1.807, 2.05) is 0 Å². The highest BCUT2D eigenvalue weighted by molar-refractivity contribution is 5.93. The van der Waals surface area contributed by atoms with Crippen molar-refractivity contribution in [2.75, 3.05) is 5.32 Å². The van der Waals surface area contributed by atoms with Crippen molar-refractivity contribution in [2.24, 2.45) is 5.92 Å². The number of hydrogen-bond acceptors (Lipinski definition) is 2. The number of halogens is 6. The van der Waals surface area contributed by atoms with Crippen LogP contribution in [0.2, 0.25) is 0 Å². The Bertz CT molecular complexity index is 367. The molecule has 0 aliphatic rings. The minimum absolute atomic E-state index is 0.284. The van der Waals surface area contributed by atoms with E-state index in [9.17, 15) is 31.1 Å². The van der Waals surface area contributed by atoms with E-state index in [2.05, 4.69) is 10.2 Å². The third-order valence-electron chi connectivity index (χ3n) is 1.68. The van der Waals surface area contributed by atoms with Crippen LogP contribution in [0.25, 0.3) is 0 Å². The lowest BCUT2D eigenvalue weighted by molar-refractivity contribution is -0.272. The van der Waals surface area contributed by atoms with Crippen molar-refractivity contribution in [1.82, 2.24) is 10.2 Å². The molecule has 1 heterocycles. The summed E-state index contributed by atoms with van der Waals surface area (Å²) >= 11 is 0. The molecule has 1 aromatic heterocycles. The lowest BCUT2D eigenvalue weighted by Crippen LogP contribution is -2.45. The number of H-pyrrole nitrogens is 1. The van der Waals surface area contributed by atoms with E-state index in [-0.39, 0.29) is 5.69 Å². The van der Waals surface area contributed by atoms with Crippen molar-refractivity contribution in [3.63, 3.8) is 0 Å². The monoisotopic (exact) mass is 261 g/mol. The van der Waals surface area contributed by atoms with Gasteiger partial charge in [-0.25, -0.2) is 0 Å². The third-order valence-corrected chi connectivity index (χ3v) is 1.68. The first kappa shape index (κ1) is 13.3. The number of hydrogen-bond donors (Lipinski definition) is 2. The molecule has 2 N–H and O–H groups in total. The topological polar surface area (TPSA) is 57.8 Å². The highest BCUT2D eigenvalue weighted by Crippen LogP contribution is 2.39. The summed E-state index contributed by atoms with van der Waals surface area (Å²) in [5.41, 5.74) is -0.284. The Morgan fingerprint density at radius 2 is 1.76 bits per heavy atom. The molecule has 0 aliphatic heterocycles. The lowest BCUT2D eigenvalue weighted by atomic mass is 10.1. The van der Waals surface area contributed by atoms with Crippen LogP contribution in [0.4, 0.5) is 32.0 Å². The van der Waals surface area contributed by atoms with Crippen LogP contribution in [-0.4, -0.2) is 28.5 Å². The summed E-state index contributed by atoms with van der Waals surface area (Å²) in [6, 6.07) is 0. The fourth-order valence-electron chi connectivity index (χ4n) is 1.02. The van der Waals surface area contributed by atoms with Crippen LogP contribution >= 0.6 is 0 Å². The highest BCUT2D eigenvalue weighted by atomic mass is 19.4. The molecule has 0 radical (unpaired) electrons. The van der Waals surface area contributed by atoms with Crippen molar-refractivity contribution in [1.29, 1.82) is 0 Å². The van der Waals surface area contributed by atoms with Crippen molar-refractivity contribution >= 4 is 11.6 Å². The van der Waals surface area contributed by atoms with E-state index >= 15 is 0 Å². The van der Waals surface area contributed by atoms with Gasteiger partial charge in [0.1, 0.15) is 0 Å². The first-order chi connectivity index (χ1) is 7.62. The van der Waals surface area contributed by atoms with Gasteiger partial charge in [-0.3, -0.25) is 9.89 Å². The predicted molar refractivity (Wildman–Crippen MR) is 42.8 cm³/mol. The average Bonchev–Trinajstić information content (AvgIpc) is 2.49. The van der Waals surface area contributed by atoms with E-state index in [1.54, 1.807) is 0 Å². The molecule has 1 amide bonds. The molecule has 0 aromatic carbocycles. The van der Waals surface area contributed by atoms with Crippen molar-refractivity contribution in [3.05, 3.63) is 12.4 Å². The maximum atomic E-state index is 12.1. The maximum Gasteiger partial charge on any atom is 0.409 e. The number of nitrogens with one attached hydrogen (secondary N) is 2. The van der Waals surface area contributed by atoms with E-state index in [1.165, 1.54) is 5.32 Å². The molecule has 0 saturated carbocycles. The molecule has 1 rings (SSSR count). The van der Waals surface area contributed by atoms with Gasteiger partial charge >= 0.3 is 12.4 Å². The predicted octanol–water partition coefficient (Wildman–Crippen LogP) is 2.09. The Balaban J connectivity index is 2.89. The van der Waals surface area contributed by atoms with Gasteiger partial charge in [0.25, 0.3) is 0 Å². The normalized spacial score (nSPS) is 12.9. The Kier molecular flexibility index (Phi) is 3.34. The minimum atomic E-state index is -5.70. The summed E-state index contributed by atoms with van der Waals surface area (Å²) in [5, 5.41) is 6.84. The molecular weight excluding hydrogens is 256 g/mol. The summed E-state index contributed by atoms with van der Waals surface area (Å²) in [5.74, 6) is -6.27. The van der Waals surface area contributed by atoms with Gasteiger partial charge in [-0.1, -0.05) is 0 Å². The molecule has 4 nitrogen and oxygen atoms in total. The molecule has 1 aromatic rings. The van der Waals surface area contributed by atoms with Gasteiger partial charge < -0.3 is 5.32 Å². The number of alkyl halides is 6. The molecule has 0 fully saturated rings. The number of aromatic nitrogens is 2. The highest BCUT2D eigenvalue weighted by Gasteiger charge is 2.61. The van der Waals surface area contributed by atoms with Gasteiger partial charge in [0.15, 0.2) is 0 Å². The summed E-state index contributed by atoms with van der Waals surface area (Å²) in [4.78, 5) is 10.9. The number of nitrogens with zero attached hydrogens (tertiary/aromatic N) is 1. The number of amides is 1. The number of carbonyl (C=O) groups is 1. The summed E-state index contributed by atoms with van der Waals surface area (Å²) in [7, 11) is 0. The summed E-state index contributed by atoms with van der Waals surface area (Å²) < 4.78 is 72.5. The second-order valence-corrected chi connectivity index (χ2v) is 2.99. The first-order valence-electron chi connectivity index (χ1n) is 4.05. The smallest absolute Gasteiger partial charge is 0.323 e. The molecule has 10 heteroatoms. The Morgan fingerprint density at radius 3 is 2.12 bits per heavy atom. The Morgan fingerprint density at radius 1 is 1.24 bits per heavy atom. The Labute approximate surface area is 90.0 Å². The second kappa shape index (κ2) is 4.26. The third kappa shape index (κ3) is 3.36. The average molecular weight is 261 g/mol. The standard InChI is InChI=1S/C7H5F6N3O/c8-6(9,10)4(7(11,12)13)5(17)16-3-1-14-15-2-3/h1-2,4H,(H,14,15)(H,16,17). The second-order valence-electron chi connectivity index (χ2n) is 2.99. The van der Waals surface area contributed by atoms with Gasteiger partial charge in [-0.2, -0.15) is 31.4 Å². The molecule has 96 valence electrons. The molecule has 0 bridgehead atoms. The van der Waals surface area contributed by atoms with Gasteiger partial charge in [0.2, 0.25) is 11.8 Å². The zero-order valence-corrected chi connectivity index (χ0v) is 7.86. The van der Waals surface area contributed by atoms with Crippen LogP contribution in [0.15, 0.2) is 12.4 Å². The molecule has 17 heavy (non-hydrogen) atoms. The lowest BCUT2D eigenvalue weighted by Gasteiger charge is -2.21. The van der Waals surface area contributed by atoms with Crippen LogP contribution in [0.1, 0.15) is 0 Å². The molecule has 0 aliphatic carbocycles. The fraction of sp³-hybridized carbons (Fsp3) is 0.429. The molecular formula is C7H5F6N3O. The number of aromatic amines is 1. The van der Waals surface area contributed by atoms with Gasteiger partial charge in [-0.05, 0) is 0 Å². The number of carbonyl (C=O) groups excluding carboxylic acids is 1. The van der Waals surface area contributed by atoms with Gasteiger partial charge in [0, 0.05) is 6.20 Å². The van der Waals surface area contributed by atoms with E-state index < -0.39 is 24.2 Å². The number of rotatable bonds is 2. The molecule has 0 spiro atoms. The van der Waals surface area contributed by atoms with Crippen LogP contribution in [0, 0.1) is 5.92 Å². The maximum absolute atomic E-state index is 12.1. The zero-order chi connectivity index (χ0) is 13.3. The number of anilines is 1. The first-order valence-corrected chi connectivity index (χ1v) is 4.05. The quantitative estimate of drug-likeness (QED) is 0.801. The van der Waals surface area contributed by atoms with Crippen LogP contribution in [-0.2, 0) is 4.79 Å². The van der Waals surface area contributed by atoms with Gasteiger partial charge in [0.05, 0.1) is 11.9 Å². The zero-order valence-electron chi connectivity index (χ0n) is 7.86. The van der Waals surface area contributed by atoms with Crippen LogP contribution < -0.4 is 5.32 Å². The summed E-state index contributed by atoms with van der Waals surface area (Å²) in [6.45, 7) is 0. The minimum Gasteiger partial charge on any atom is -0.323 e. The van der Waals surface area contributed by atoms with E-state index in [0.29, 0.717) is 0 Å². The molecule has 0 saturated heterocycles. The van der Waals surface area contributed by atoms with Crippen molar-refractivity contribution in [2.45, 2.75) is 12.4 Å². The van der Waals surface area contributed by atoms with Crippen molar-refractivity contribution < 1.29 is 31.1 Å². The van der Waals surface area contributed by atoms with E-state index in [4.69, 9.17) is 0 Å².